The number of rotatable bonds is 3. The van der Waals surface area contributed by atoms with Gasteiger partial charge >= 0.3 is 0 Å². The van der Waals surface area contributed by atoms with Crippen molar-refractivity contribution in [3.05, 3.63) is 29.4 Å². The Morgan fingerprint density at radius 2 is 2.43 bits per heavy atom. The number of nitrogens with one attached hydrogen (secondary N) is 1. The first-order chi connectivity index (χ1) is 10.3. The summed E-state index contributed by atoms with van der Waals surface area (Å²) in [6.07, 6.45) is 4.68. The molecular weight excluding hydrogens is 282 g/mol. The van der Waals surface area contributed by atoms with Crippen LogP contribution in [0.3, 0.4) is 0 Å². The molecule has 3 atom stereocenters. The zero-order chi connectivity index (χ0) is 14.2. The number of piperidine rings is 1. The molecule has 4 nitrogen and oxygen atoms in total. The summed E-state index contributed by atoms with van der Waals surface area (Å²) in [6, 6.07) is 4.42. The monoisotopic (exact) mass is 301 g/mol. The molecule has 2 aliphatic rings. The van der Waals surface area contributed by atoms with Gasteiger partial charge in [0.25, 0.3) is 0 Å². The smallest absolute Gasteiger partial charge is 0.226 e. The van der Waals surface area contributed by atoms with E-state index in [1.165, 1.54) is 24.2 Å². The summed E-state index contributed by atoms with van der Waals surface area (Å²) in [4.78, 5) is 19.1. The Hall–Kier alpha value is -1.46. The van der Waals surface area contributed by atoms with E-state index in [4.69, 9.17) is 0 Å². The van der Waals surface area contributed by atoms with Crippen LogP contribution in [0, 0.1) is 5.92 Å². The van der Waals surface area contributed by atoms with Gasteiger partial charge in [-0.05, 0) is 42.8 Å². The van der Waals surface area contributed by atoms with Crippen molar-refractivity contribution in [3.8, 4) is 0 Å². The summed E-state index contributed by atoms with van der Waals surface area (Å²) in [5, 5.41) is 6.40. The van der Waals surface area contributed by atoms with E-state index in [1.54, 1.807) is 11.3 Å². The normalized spacial score (nSPS) is 27.9. The van der Waals surface area contributed by atoms with Crippen molar-refractivity contribution in [2.24, 2.45) is 5.92 Å². The maximum absolute atomic E-state index is 12.2. The Balaban J connectivity index is 1.39. The van der Waals surface area contributed by atoms with Crippen LogP contribution >= 0.6 is 11.3 Å². The van der Waals surface area contributed by atoms with Crippen LogP contribution in [-0.2, 0) is 11.2 Å². The molecule has 2 aromatic rings. The minimum atomic E-state index is 0.103. The van der Waals surface area contributed by atoms with Gasteiger partial charge in [-0.1, -0.05) is 0 Å². The highest BCUT2D eigenvalue weighted by atomic mass is 32.1. The number of amides is 1. The summed E-state index contributed by atoms with van der Waals surface area (Å²) in [5.74, 6) is 0.885. The Labute approximate surface area is 128 Å². The molecule has 2 saturated heterocycles. The molecule has 2 aromatic heterocycles. The van der Waals surface area contributed by atoms with Crippen molar-refractivity contribution < 1.29 is 4.79 Å². The average molecular weight is 301 g/mol. The topological polar surface area (TPSA) is 45.2 Å². The molecule has 2 aliphatic heterocycles. The molecule has 1 N–H and O–H groups in total. The zero-order valence-electron chi connectivity index (χ0n) is 11.9. The van der Waals surface area contributed by atoms with Crippen LogP contribution in [-0.4, -0.2) is 41.5 Å². The number of thiophene rings is 1. The SMILES string of the molecule is O=C(Cc1cc2sccc2cn1)N[C@@H]1C[C@H]2CCN(C2)C1. The van der Waals surface area contributed by atoms with E-state index >= 15 is 0 Å². The molecule has 21 heavy (non-hydrogen) atoms. The Morgan fingerprint density at radius 3 is 3.33 bits per heavy atom. The van der Waals surface area contributed by atoms with Gasteiger partial charge in [-0.3, -0.25) is 9.78 Å². The Morgan fingerprint density at radius 1 is 1.48 bits per heavy atom. The van der Waals surface area contributed by atoms with Gasteiger partial charge < -0.3 is 10.2 Å². The average Bonchev–Trinajstić information content (AvgIpc) is 3.04. The van der Waals surface area contributed by atoms with E-state index in [9.17, 15) is 4.79 Å². The first kappa shape index (κ1) is 13.2. The summed E-state index contributed by atoms with van der Waals surface area (Å²) >= 11 is 1.69. The van der Waals surface area contributed by atoms with Crippen LogP contribution in [0.5, 0.6) is 0 Å². The third kappa shape index (κ3) is 2.80. The van der Waals surface area contributed by atoms with Crippen molar-refractivity contribution in [3.63, 3.8) is 0 Å². The van der Waals surface area contributed by atoms with Crippen LogP contribution in [0.15, 0.2) is 23.7 Å². The van der Waals surface area contributed by atoms with Gasteiger partial charge in [-0.25, -0.2) is 0 Å². The lowest BCUT2D eigenvalue weighted by Gasteiger charge is -2.30. The molecule has 1 amide bonds. The minimum Gasteiger partial charge on any atom is -0.352 e. The van der Waals surface area contributed by atoms with Gasteiger partial charge in [0.05, 0.1) is 12.1 Å². The first-order valence-corrected chi connectivity index (χ1v) is 8.48. The van der Waals surface area contributed by atoms with Crippen molar-refractivity contribution >= 4 is 27.3 Å². The number of carbonyl (C=O) groups excluding carboxylic acids is 1. The second-order valence-electron chi connectivity index (χ2n) is 6.23. The van der Waals surface area contributed by atoms with Crippen LogP contribution in [0.25, 0.3) is 10.1 Å². The predicted molar refractivity (Wildman–Crippen MR) is 84.4 cm³/mol. The van der Waals surface area contributed by atoms with E-state index in [0.717, 1.165) is 30.0 Å². The number of pyridine rings is 1. The number of hydrogen-bond donors (Lipinski definition) is 1. The highest BCUT2D eigenvalue weighted by Crippen LogP contribution is 2.26. The van der Waals surface area contributed by atoms with Gasteiger partial charge in [0.1, 0.15) is 0 Å². The standard InChI is InChI=1S/C16H19N3OS/c20-16(18-14-5-11-1-3-19(9-11)10-14)7-13-6-15-12(8-17-13)2-4-21-15/h2,4,6,8,11,14H,1,3,5,7,9-10H2,(H,18,20)/t11-,14-/m1/s1. The molecule has 0 aromatic carbocycles. The zero-order valence-corrected chi connectivity index (χ0v) is 12.7. The number of fused-ring (bicyclic) bond motifs is 3. The largest absolute Gasteiger partial charge is 0.352 e. The summed E-state index contributed by atoms with van der Waals surface area (Å²) in [5.41, 5.74) is 0.863. The van der Waals surface area contributed by atoms with E-state index in [1.807, 2.05) is 12.3 Å². The van der Waals surface area contributed by atoms with Crippen LogP contribution in [0.4, 0.5) is 0 Å². The fourth-order valence-corrected chi connectivity index (χ4v) is 4.42. The third-order valence-electron chi connectivity index (χ3n) is 4.57. The molecular formula is C16H19N3OS. The lowest BCUT2D eigenvalue weighted by Crippen LogP contribution is -2.47. The fourth-order valence-electron chi connectivity index (χ4n) is 3.60. The first-order valence-electron chi connectivity index (χ1n) is 7.60. The van der Waals surface area contributed by atoms with Crippen LogP contribution < -0.4 is 5.32 Å². The number of nitrogens with zero attached hydrogens (tertiary/aromatic N) is 2. The van der Waals surface area contributed by atoms with Crippen molar-refractivity contribution in [1.82, 2.24) is 15.2 Å². The molecule has 4 rings (SSSR count). The maximum Gasteiger partial charge on any atom is 0.226 e. The van der Waals surface area contributed by atoms with Crippen molar-refractivity contribution in [1.29, 1.82) is 0 Å². The summed E-state index contributed by atoms with van der Waals surface area (Å²) in [6.45, 7) is 3.44. The second kappa shape index (κ2) is 5.39. The van der Waals surface area contributed by atoms with E-state index in [0.29, 0.717) is 12.5 Å². The molecule has 5 heteroatoms. The molecule has 2 bridgehead atoms. The number of aromatic nitrogens is 1. The quantitative estimate of drug-likeness (QED) is 0.944. The molecule has 0 aliphatic carbocycles. The lowest BCUT2D eigenvalue weighted by atomic mass is 9.97. The molecule has 2 fully saturated rings. The second-order valence-corrected chi connectivity index (χ2v) is 7.17. The molecule has 1 unspecified atom stereocenters. The van der Waals surface area contributed by atoms with Crippen LogP contribution in [0.1, 0.15) is 18.5 Å². The molecule has 0 spiro atoms. The Bertz CT molecular complexity index is 656. The molecule has 0 radical (unpaired) electrons. The third-order valence-corrected chi connectivity index (χ3v) is 5.45. The van der Waals surface area contributed by atoms with Crippen molar-refractivity contribution in [2.75, 3.05) is 19.6 Å². The highest BCUT2D eigenvalue weighted by Gasteiger charge is 2.32. The lowest BCUT2D eigenvalue weighted by molar-refractivity contribution is -0.121. The van der Waals surface area contributed by atoms with Crippen molar-refractivity contribution in [2.45, 2.75) is 25.3 Å². The minimum absolute atomic E-state index is 0.103. The number of carbonyl (C=O) groups is 1. The summed E-state index contributed by atoms with van der Waals surface area (Å²) < 4.78 is 1.20. The van der Waals surface area contributed by atoms with E-state index in [2.05, 4.69) is 26.6 Å². The van der Waals surface area contributed by atoms with Gasteiger partial charge in [0.2, 0.25) is 5.91 Å². The van der Waals surface area contributed by atoms with Gasteiger partial charge in [-0.2, -0.15) is 0 Å². The predicted octanol–water partition coefficient (Wildman–Crippen LogP) is 2.05. The molecule has 0 saturated carbocycles. The molecule has 4 heterocycles. The van der Waals surface area contributed by atoms with E-state index in [-0.39, 0.29) is 5.91 Å². The maximum atomic E-state index is 12.2. The fraction of sp³-hybridized carbons (Fsp3) is 0.500. The van der Waals surface area contributed by atoms with Gasteiger partial charge in [-0.15, -0.1) is 11.3 Å². The summed E-state index contributed by atoms with van der Waals surface area (Å²) in [7, 11) is 0. The van der Waals surface area contributed by atoms with Gasteiger partial charge in [0, 0.05) is 35.4 Å². The van der Waals surface area contributed by atoms with E-state index < -0.39 is 0 Å². The van der Waals surface area contributed by atoms with Crippen LogP contribution in [0.2, 0.25) is 0 Å². The highest BCUT2D eigenvalue weighted by molar-refractivity contribution is 7.17. The molecule has 110 valence electrons. The number of hydrogen-bond acceptors (Lipinski definition) is 4. The van der Waals surface area contributed by atoms with Gasteiger partial charge in [0.15, 0.2) is 0 Å². The Kier molecular flexibility index (Phi) is 3.39.